The molecule has 1 unspecified atom stereocenters. The van der Waals surface area contributed by atoms with Crippen LogP contribution >= 0.6 is 22.9 Å². The molecule has 0 fully saturated rings. The summed E-state index contributed by atoms with van der Waals surface area (Å²) in [5.74, 6) is 1.92. The average Bonchev–Trinajstić information content (AvgIpc) is 3.29. The lowest BCUT2D eigenvalue weighted by Gasteiger charge is -2.22. The second-order valence-electron chi connectivity index (χ2n) is 6.09. The van der Waals surface area contributed by atoms with Crippen LogP contribution in [0.2, 0.25) is 0 Å². The highest BCUT2D eigenvalue weighted by Crippen LogP contribution is 2.35. The number of alkyl halides is 3. The highest BCUT2D eigenvalue weighted by Gasteiger charge is 2.33. The molecule has 140 valence electrons. The lowest BCUT2D eigenvalue weighted by molar-refractivity contribution is 0.0862. The van der Waals surface area contributed by atoms with Gasteiger partial charge < -0.3 is 5.32 Å². The number of terminal acetylenes is 1. The molecule has 0 saturated carbocycles. The van der Waals surface area contributed by atoms with Crippen molar-refractivity contribution >= 4 is 34.5 Å². The van der Waals surface area contributed by atoms with Crippen molar-refractivity contribution in [3.63, 3.8) is 0 Å². The zero-order valence-corrected chi connectivity index (χ0v) is 16.0. The number of nitrogens with zero attached hydrogens (tertiary/aromatic N) is 3. The molecule has 0 aliphatic carbocycles. The second kappa shape index (κ2) is 6.91. The molecule has 0 aromatic carbocycles. The third-order valence-electron chi connectivity index (χ3n) is 4.14. The zero-order chi connectivity index (χ0) is 19.8. The minimum atomic E-state index is -3.69. The maximum Gasteiger partial charge on any atom is 0.364 e. The first kappa shape index (κ1) is 19.3. The van der Waals surface area contributed by atoms with Crippen molar-refractivity contribution in [1.29, 1.82) is 0 Å². The smallest absolute Gasteiger partial charge is 0.335 e. The van der Waals surface area contributed by atoms with Crippen LogP contribution in [-0.2, 0) is 5.38 Å². The van der Waals surface area contributed by atoms with Crippen molar-refractivity contribution in [2.45, 2.75) is 31.2 Å². The van der Waals surface area contributed by atoms with Gasteiger partial charge in [-0.2, -0.15) is 13.9 Å². The summed E-state index contributed by atoms with van der Waals surface area (Å²) < 4.78 is 28.8. The van der Waals surface area contributed by atoms with Crippen LogP contribution < -0.4 is 5.32 Å². The Labute approximate surface area is 163 Å². The molecule has 0 bridgehead atoms. The number of fused-ring (bicyclic) bond motifs is 1. The van der Waals surface area contributed by atoms with Gasteiger partial charge in [0.1, 0.15) is 5.69 Å². The van der Waals surface area contributed by atoms with E-state index in [1.165, 1.54) is 17.4 Å². The number of rotatable bonds is 5. The molecule has 5 nitrogen and oxygen atoms in total. The van der Waals surface area contributed by atoms with Gasteiger partial charge in [-0.15, -0.1) is 17.8 Å². The van der Waals surface area contributed by atoms with Crippen LogP contribution in [0, 0.1) is 12.3 Å². The fourth-order valence-electron chi connectivity index (χ4n) is 2.38. The summed E-state index contributed by atoms with van der Waals surface area (Å²) in [6.07, 6.45) is 5.95. The first-order valence-electron chi connectivity index (χ1n) is 7.99. The van der Waals surface area contributed by atoms with Crippen LogP contribution in [-0.4, -0.2) is 26.0 Å². The van der Waals surface area contributed by atoms with Crippen molar-refractivity contribution in [2.24, 2.45) is 0 Å². The van der Waals surface area contributed by atoms with Gasteiger partial charge in [-0.05, 0) is 42.5 Å². The Morgan fingerprint density at radius 1 is 1.48 bits per heavy atom. The Kier molecular flexibility index (Phi) is 4.93. The van der Waals surface area contributed by atoms with Gasteiger partial charge in [0.2, 0.25) is 0 Å². The van der Waals surface area contributed by atoms with Gasteiger partial charge in [0.15, 0.2) is 11.3 Å². The van der Waals surface area contributed by atoms with Crippen LogP contribution in [0.4, 0.5) is 8.78 Å². The van der Waals surface area contributed by atoms with E-state index in [4.69, 9.17) is 18.0 Å². The van der Waals surface area contributed by atoms with E-state index >= 15 is 0 Å². The number of hydrogen-bond donors (Lipinski definition) is 1. The molecule has 0 radical (unpaired) electrons. The van der Waals surface area contributed by atoms with Crippen LogP contribution in [0.25, 0.3) is 16.2 Å². The number of carbonyl (C=O) groups is 1. The fraction of sp³-hybridized carbons (Fsp3) is 0.278. The van der Waals surface area contributed by atoms with E-state index in [0.29, 0.717) is 17.0 Å². The lowest BCUT2D eigenvalue weighted by atomic mass is 10.0. The molecule has 3 aromatic rings. The number of thiophene rings is 1. The molecular weight excluding hydrogens is 394 g/mol. The number of nitrogens with one attached hydrogen (secondary N) is 1. The summed E-state index contributed by atoms with van der Waals surface area (Å²) in [6.45, 7) is 3.51. The lowest BCUT2D eigenvalue weighted by Crippen LogP contribution is -2.44. The summed E-state index contributed by atoms with van der Waals surface area (Å²) in [6, 6.07) is 6.03. The van der Waals surface area contributed by atoms with E-state index in [1.807, 2.05) is 6.92 Å². The van der Waals surface area contributed by atoms with Crippen LogP contribution in [0.5, 0.6) is 0 Å². The first-order valence-corrected chi connectivity index (χ1v) is 9.25. The van der Waals surface area contributed by atoms with Gasteiger partial charge in [0.25, 0.3) is 5.91 Å². The highest BCUT2D eigenvalue weighted by molar-refractivity contribution is 7.13. The molecule has 0 saturated heterocycles. The highest BCUT2D eigenvalue weighted by atomic mass is 35.5. The average molecular weight is 409 g/mol. The molecule has 3 heterocycles. The third kappa shape index (κ3) is 3.80. The summed E-state index contributed by atoms with van der Waals surface area (Å²) in [4.78, 5) is 17.5. The number of carbonyl (C=O) groups excluding carboxylic acids is 1. The van der Waals surface area contributed by atoms with Crippen LogP contribution in [0.1, 0.15) is 36.5 Å². The van der Waals surface area contributed by atoms with Gasteiger partial charge in [-0.1, -0.05) is 18.9 Å². The molecule has 0 aliphatic heterocycles. The molecule has 27 heavy (non-hydrogen) atoms. The van der Waals surface area contributed by atoms with E-state index in [0.717, 1.165) is 10.6 Å². The van der Waals surface area contributed by atoms with Crippen molar-refractivity contribution in [3.05, 3.63) is 41.0 Å². The Balaban J connectivity index is 2.11. The molecule has 3 rings (SSSR count). The second-order valence-corrected chi connectivity index (χ2v) is 7.51. The minimum Gasteiger partial charge on any atom is -0.335 e. The number of halogens is 3. The predicted octanol–water partition coefficient (Wildman–Crippen LogP) is 4.28. The van der Waals surface area contributed by atoms with E-state index in [2.05, 4.69) is 21.3 Å². The van der Waals surface area contributed by atoms with Gasteiger partial charge in [-0.25, -0.2) is 9.50 Å². The predicted molar refractivity (Wildman–Crippen MR) is 101 cm³/mol. The first-order chi connectivity index (χ1) is 12.7. The molecule has 9 heteroatoms. The van der Waals surface area contributed by atoms with E-state index in [1.54, 1.807) is 24.4 Å². The number of aromatic nitrogens is 3. The fourth-order valence-corrected chi connectivity index (χ4v) is 3.20. The molecular formula is C18H15ClF2N4OS. The van der Waals surface area contributed by atoms with Crippen molar-refractivity contribution in [1.82, 2.24) is 19.9 Å². The maximum atomic E-state index is 13.9. The zero-order valence-electron chi connectivity index (χ0n) is 14.5. The topological polar surface area (TPSA) is 59.3 Å². The summed E-state index contributed by atoms with van der Waals surface area (Å²) in [5, 5.41) is 4.76. The van der Waals surface area contributed by atoms with E-state index in [-0.39, 0.29) is 11.3 Å². The van der Waals surface area contributed by atoms with Gasteiger partial charge in [0.05, 0.1) is 16.1 Å². The molecule has 1 amide bonds. The van der Waals surface area contributed by atoms with Crippen LogP contribution in [0.15, 0.2) is 29.6 Å². The van der Waals surface area contributed by atoms with E-state index < -0.39 is 22.5 Å². The summed E-state index contributed by atoms with van der Waals surface area (Å²) >= 11 is 6.61. The normalized spacial score (nSPS) is 13.9. The number of amides is 1. The minimum absolute atomic E-state index is 0.0806. The standard InChI is InChI=1S/C18H15ClF2N4OS/c1-4-17(3,5-2)23-16(26)12-10-15-22-11(13-7-6-8-27-13)9-14(18(19,20)21)25(15)24-12/h1,6-10H,5H2,2-3H3,(H,23,26). The summed E-state index contributed by atoms with van der Waals surface area (Å²) in [7, 11) is 0. The van der Waals surface area contributed by atoms with Gasteiger partial charge in [0, 0.05) is 6.07 Å². The van der Waals surface area contributed by atoms with Gasteiger partial charge in [-0.3, -0.25) is 4.79 Å². The molecule has 0 aliphatic rings. The Hall–Kier alpha value is -2.50. The molecule has 1 N–H and O–H groups in total. The SMILES string of the molecule is C#CC(C)(CC)NC(=O)c1cc2nc(-c3cccs3)cc(C(F)(F)Cl)n2n1. The van der Waals surface area contributed by atoms with E-state index in [9.17, 15) is 13.6 Å². The number of hydrogen-bond acceptors (Lipinski definition) is 4. The van der Waals surface area contributed by atoms with Crippen molar-refractivity contribution in [2.75, 3.05) is 0 Å². The summed E-state index contributed by atoms with van der Waals surface area (Å²) in [5.41, 5.74) is -1.13. The van der Waals surface area contributed by atoms with Gasteiger partial charge >= 0.3 is 5.38 Å². The molecule has 1 atom stereocenters. The Morgan fingerprint density at radius 3 is 2.78 bits per heavy atom. The maximum absolute atomic E-state index is 13.9. The third-order valence-corrected chi connectivity index (χ3v) is 5.22. The van der Waals surface area contributed by atoms with Crippen LogP contribution in [0.3, 0.4) is 0 Å². The molecule has 0 spiro atoms. The monoisotopic (exact) mass is 408 g/mol. The molecule has 3 aromatic heterocycles. The quantitative estimate of drug-likeness (QED) is 0.506. The van der Waals surface area contributed by atoms with Crippen molar-refractivity contribution in [3.8, 4) is 22.9 Å². The Morgan fingerprint density at radius 2 is 2.22 bits per heavy atom. The largest absolute Gasteiger partial charge is 0.364 e. The van der Waals surface area contributed by atoms with Crippen molar-refractivity contribution < 1.29 is 13.6 Å². The Bertz CT molecular complexity index is 1040.